The molecule has 2 aromatic rings. The van der Waals surface area contributed by atoms with Crippen molar-refractivity contribution in [2.24, 2.45) is 0 Å². The molecule has 1 amide bonds. The first-order chi connectivity index (χ1) is 14.9. The second-order valence-electron chi connectivity index (χ2n) is 8.20. The van der Waals surface area contributed by atoms with Crippen LogP contribution in [0.2, 0.25) is 0 Å². The Kier molecular flexibility index (Phi) is 8.26. The summed E-state index contributed by atoms with van der Waals surface area (Å²) in [6.07, 6.45) is 8.05. The molecule has 8 heteroatoms. The van der Waals surface area contributed by atoms with Crippen molar-refractivity contribution in [2.75, 3.05) is 20.6 Å². The lowest BCUT2D eigenvalue weighted by molar-refractivity contribution is -0.120. The van der Waals surface area contributed by atoms with E-state index < -0.39 is 0 Å². The smallest absolute Gasteiger partial charge is 0.233 e. The molecule has 1 aliphatic rings. The van der Waals surface area contributed by atoms with Crippen molar-refractivity contribution in [3.05, 3.63) is 47.6 Å². The van der Waals surface area contributed by atoms with Gasteiger partial charge in [-0.25, -0.2) is 4.39 Å². The number of carbonyl (C=O) groups excluding carboxylic acids is 1. The standard InChI is InChI=1S/C23H32FN5OS/c1-16(28(3)4)21-26-27-23(29(21)20-12-10-19(24)11-13-20)31-17(2)22(30)25-15-14-18-8-6-5-7-9-18/h8,10-13,16-17H,5-7,9,14-15H2,1-4H3,(H,25,30). The Bertz CT molecular complexity index is 909. The van der Waals surface area contributed by atoms with E-state index in [1.807, 2.05) is 37.4 Å². The van der Waals surface area contributed by atoms with Gasteiger partial charge in [-0.15, -0.1) is 10.2 Å². The molecule has 1 N–H and O–H groups in total. The quantitative estimate of drug-likeness (QED) is 0.454. The van der Waals surface area contributed by atoms with Crippen molar-refractivity contribution in [1.82, 2.24) is 25.0 Å². The number of amides is 1. The zero-order chi connectivity index (χ0) is 22.4. The number of hydrogen-bond donors (Lipinski definition) is 1. The van der Waals surface area contributed by atoms with Crippen molar-refractivity contribution in [1.29, 1.82) is 0 Å². The van der Waals surface area contributed by atoms with Crippen molar-refractivity contribution in [2.45, 2.75) is 62.4 Å². The molecule has 1 aromatic carbocycles. The zero-order valence-corrected chi connectivity index (χ0v) is 19.6. The number of benzene rings is 1. The van der Waals surface area contributed by atoms with E-state index in [-0.39, 0.29) is 23.0 Å². The molecule has 1 aromatic heterocycles. The number of allylic oxidation sites excluding steroid dienone is 1. The highest BCUT2D eigenvalue weighted by molar-refractivity contribution is 8.00. The van der Waals surface area contributed by atoms with Gasteiger partial charge in [-0.1, -0.05) is 23.4 Å². The van der Waals surface area contributed by atoms with Crippen LogP contribution in [0, 0.1) is 5.82 Å². The van der Waals surface area contributed by atoms with E-state index in [0.717, 1.165) is 30.8 Å². The Morgan fingerprint density at radius 3 is 2.61 bits per heavy atom. The third-order valence-electron chi connectivity index (χ3n) is 5.67. The van der Waals surface area contributed by atoms with E-state index in [1.165, 1.54) is 42.3 Å². The predicted molar refractivity (Wildman–Crippen MR) is 123 cm³/mol. The third kappa shape index (κ3) is 6.17. The minimum absolute atomic E-state index is 0.000182. The molecule has 2 atom stereocenters. The van der Waals surface area contributed by atoms with Crippen LogP contribution in [-0.4, -0.2) is 51.5 Å². The molecule has 0 radical (unpaired) electrons. The van der Waals surface area contributed by atoms with Gasteiger partial charge in [0.2, 0.25) is 5.91 Å². The largest absolute Gasteiger partial charge is 0.355 e. The second kappa shape index (κ2) is 10.9. The summed E-state index contributed by atoms with van der Waals surface area (Å²) in [7, 11) is 3.94. The molecule has 0 saturated carbocycles. The van der Waals surface area contributed by atoms with Crippen molar-refractivity contribution in [3.8, 4) is 5.69 Å². The Hall–Kier alpha value is -2.19. The van der Waals surface area contributed by atoms with Gasteiger partial charge in [0.15, 0.2) is 11.0 Å². The van der Waals surface area contributed by atoms with Gasteiger partial charge < -0.3 is 5.32 Å². The molecular weight excluding hydrogens is 413 g/mol. The van der Waals surface area contributed by atoms with E-state index in [0.29, 0.717) is 11.7 Å². The third-order valence-corrected chi connectivity index (χ3v) is 6.72. The predicted octanol–water partition coefficient (Wildman–Crippen LogP) is 4.52. The first-order valence-corrected chi connectivity index (χ1v) is 11.7. The van der Waals surface area contributed by atoms with E-state index in [9.17, 15) is 9.18 Å². The topological polar surface area (TPSA) is 63.1 Å². The number of halogens is 1. The van der Waals surface area contributed by atoms with Crippen LogP contribution >= 0.6 is 11.8 Å². The lowest BCUT2D eigenvalue weighted by Gasteiger charge is -2.21. The summed E-state index contributed by atoms with van der Waals surface area (Å²) in [5.74, 6) is 0.433. The lowest BCUT2D eigenvalue weighted by Crippen LogP contribution is -2.32. The summed E-state index contributed by atoms with van der Waals surface area (Å²) in [6, 6.07) is 6.25. The van der Waals surface area contributed by atoms with E-state index in [2.05, 4.69) is 21.6 Å². The van der Waals surface area contributed by atoms with Gasteiger partial charge in [0.25, 0.3) is 0 Å². The number of rotatable bonds is 9. The highest BCUT2D eigenvalue weighted by Gasteiger charge is 2.24. The maximum atomic E-state index is 13.5. The molecule has 3 rings (SSSR count). The zero-order valence-electron chi connectivity index (χ0n) is 18.8. The summed E-state index contributed by atoms with van der Waals surface area (Å²) in [6.45, 7) is 4.57. The van der Waals surface area contributed by atoms with Crippen LogP contribution in [0.5, 0.6) is 0 Å². The number of hydrogen-bond acceptors (Lipinski definition) is 5. The minimum atomic E-state index is -0.328. The fourth-order valence-corrected chi connectivity index (χ4v) is 4.42. The lowest BCUT2D eigenvalue weighted by atomic mass is 9.97. The fourth-order valence-electron chi connectivity index (χ4n) is 3.53. The molecular formula is C23H32FN5OS. The molecule has 0 spiro atoms. The van der Waals surface area contributed by atoms with E-state index >= 15 is 0 Å². The van der Waals surface area contributed by atoms with Gasteiger partial charge in [-0.05, 0) is 84.3 Å². The summed E-state index contributed by atoms with van der Waals surface area (Å²) in [5.41, 5.74) is 2.22. The van der Waals surface area contributed by atoms with Gasteiger partial charge in [0.05, 0.1) is 11.3 Å². The average Bonchev–Trinajstić information content (AvgIpc) is 3.17. The molecule has 0 aliphatic heterocycles. The van der Waals surface area contributed by atoms with Crippen LogP contribution in [-0.2, 0) is 4.79 Å². The summed E-state index contributed by atoms with van der Waals surface area (Å²) < 4.78 is 15.4. The number of thioether (sulfide) groups is 1. The molecule has 1 aliphatic carbocycles. The maximum Gasteiger partial charge on any atom is 0.233 e. The molecule has 31 heavy (non-hydrogen) atoms. The van der Waals surface area contributed by atoms with Gasteiger partial charge in [-0.3, -0.25) is 14.3 Å². The van der Waals surface area contributed by atoms with E-state index in [4.69, 9.17) is 0 Å². The van der Waals surface area contributed by atoms with Crippen LogP contribution in [0.1, 0.15) is 57.8 Å². The molecule has 0 bridgehead atoms. The number of carbonyl (C=O) groups is 1. The van der Waals surface area contributed by atoms with E-state index in [1.54, 1.807) is 12.1 Å². The molecule has 1 heterocycles. The Morgan fingerprint density at radius 1 is 1.23 bits per heavy atom. The monoisotopic (exact) mass is 445 g/mol. The first-order valence-electron chi connectivity index (χ1n) is 10.9. The molecule has 0 fully saturated rings. The van der Waals surface area contributed by atoms with Crippen molar-refractivity contribution in [3.63, 3.8) is 0 Å². The van der Waals surface area contributed by atoms with Gasteiger partial charge in [0, 0.05) is 12.2 Å². The van der Waals surface area contributed by atoms with Gasteiger partial charge >= 0.3 is 0 Å². The molecule has 2 unspecified atom stereocenters. The highest BCUT2D eigenvalue weighted by Crippen LogP contribution is 2.29. The summed E-state index contributed by atoms with van der Waals surface area (Å²) in [4.78, 5) is 14.7. The maximum absolute atomic E-state index is 13.5. The number of nitrogens with one attached hydrogen (secondary N) is 1. The Morgan fingerprint density at radius 2 is 1.97 bits per heavy atom. The van der Waals surface area contributed by atoms with Gasteiger partial charge in [-0.2, -0.15) is 0 Å². The number of aromatic nitrogens is 3. The van der Waals surface area contributed by atoms with Crippen LogP contribution in [0.15, 0.2) is 41.1 Å². The highest BCUT2D eigenvalue weighted by atomic mass is 32.2. The Labute approximate surface area is 188 Å². The SMILES string of the molecule is CC(Sc1nnc(C(C)N(C)C)n1-c1ccc(F)cc1)C(=O)NCCC1=CCCCC1. The summed E-state index contributed by atoms with van der Waals surface area (Å²) in [5, 5.41) is 12.1. The van der Waals surface area contributed by atoms with Crippen LogP contribution in [0.4, 0.5) is 4.39 Å². The van der Waals surface area contributed by atoms with Crippen molar-refractivity contribution < 1.29 is 9.18 Å². The van der Waals surface area contributed by atoms with Crippen LogP contribution in [0.25, 0.3) is 5.69 Å². The fraction of sp³-hybridized carbons (Fsp3) is 0.522. The summed E-state index contributed by atoms with van der Waals surface area (Å²) >= 11 is 1.36. The van der Waals surface area contributed by atoms with Gasteiger partial charge in [0.1, 0.15) is 5.82 Å². The van der Waals surface area contributed by atoms with Crippen LogP contribution < -0.4 is 5.32 Å². The molecule has 168 valence electrons. The molecule has 6 nitrogen and oxygen atoms in total. The second-order valence-corrected chi connectivity index (χ2v) is 9.51. The van der Waals surface area contributed by atoms with Crippen molar-refractivity contribution >= 4 is 17.7 Å². The minimum Gasteiger partial charge on any atom is -0.355 e. The van der Waals surface area contributed by atoms with Crippen LogP contribution in [0.3, 0.4) is 0 Å². The normalized spacial score (nSPS) is 16.1. The number of nitrogens with zero attached hydrogens (tertiary/aromatic N) is 4. The molecule has 0 saturated heterocycles. The average molecular weight is 446 g/mol. The Balaban J connectivity index is 1.71. The first kappa shape index (κ1) is 23.5.